The van der Waals surface area contributed by atoms with Crippen LogP contribution in [0.5, 0.6) is 11.5 Å². The van der Waals surface area contributed by atoms with Crippen LogP contribution < -0.4 is 14.8 Å². The van der Waals surface area contributed by atoms with Crippen molar-refractivity contribution in [3.05, 3.63) is 46.2 Å². The van der Waals surface area contributed by atoms with Crippen molar-refractivity contribution in [3.8, 4) is 11.5 Å². The number of rotatable bonds is 8. The second-order valence-corrected chi connectivity index (χ2v) is 7.80. The topological polar surface area (TPSA) is 50.8 Å². The molecule has 1 fully saturated rings. The van der Waals surface area contributed by atoms with E-state index in [9.17, 15) is 4.79 Å². The molecule has 6 heteroatoms. The van der Waals surface area contributed by atoms with Crippen LogP contribution in [0.3, 0.4) is 0 Å². The third-order valence-corrected chi connectivity index (χ3v) is 5.70. The summed E-state index contributed by atoms with van der Waals surface area (Å²) in [4.78, 5) is 15.4. The van der Waals surface area contributed by atoms with Crippen molar-refractivity contribution in [2.45, 2.75) is 26.3 Å². The van der Waals surface area contributed by atoms with Gasteiger partial charge in [-0.1, -0.05) is 12.1 Å². The molecule has 0 aliphatic carbocycles. The number of carbonyl (C=O) groups is 1. The van der Waals surface area contributed by atoms with E-state index in [1.807, 2.05) is 30.5 Å². The van der Waals surface area contributed by atoms with Gasteiger partial charge < -0.3 is 14.8 Å². The van der Waals surface area contributed by atoms with Gasteiger partial charge in [0.2, 0.25) is 0 Å². The number of hydrogen-bond donors (Lipinski definition) is 1. The molecule has 27 heavy (non-hydrogen) atoms. The fraction of sp³-hybridized carbons (Fsp3) is 0.476. The highest BCUT2D eigenvalue weighted by Crippen LogP contribution is 2.29. The van der Waals surface area contributed by atoms with Gasteiger partial charge in [0.05, 0.1) is 18.6 Å². The standard InChI is InChI=1S/C21H28N2O3S/c1-3-26-19-12-16(8-9-18(19)25-2)14-23-10-4-6-17(15-23)13-22-21(24)20-7-5-11-27-20/h5,7-9,11-12,17H,3-4,6,10,13-15H2,1-2H3,(H,22,24)/t17-/m0/s1. The first-order valence-corrected chi connectivity index (χ1v) is 10.4. The minimum absolute atomic E-state index is 0.0404. The first-order chi connectivity index (χ1) is 13.2. The third kappa shape index (κ3) is 5.47. The van der Waals surface area contributed by atoms with Crippen molar-refractivity contribution >= 4 is 17.2 Å². The van der Waals surface area contributed by atoms with Gasteiger partial charge in [0.1, 0.15) is 0 Å². The van der Waals surface area contributed by atoms with Crippen LogP contribution >= 0.6 is 11.3 Å². The SMILES string of the molecule is CCOc1cc(CN2CCC[C@@H](CNC(=O)c3cccs3)C2)ccc1OC. The van der Waals surface area contributed by atoms with Crippen molar-refractivity contribution < 1.29 is 14.3 Å². The molecule has 1 aliphatic heterocycles. The maximum Gasteiger partial charge on any atom is 0.261 e. The zero-order valence-electron chi connectivity index (χ0n) is 16.1. The van der Waals surface area contributed by atoms with Crippen LogP contribution in [0.4, 0.5) is 0 Å². The predicted octanol–water partition coefficient (Wildman–Crippen LogP) is 3.80. The van der Waals surface area contributed by atoms with Gasteiger partial charge in [0.25, 0.3) is 5.91 Å². The maximum absolute atomic E-state index is 12.1. The summed E-state index contributed by atoms with van der Waals surface area (Å²) < 4.78 is 11.1. The number of thiophene rings is 1. The number of piperidine rings is 1. The van der Waals surface area contributed by atoms with Crippen molar-refractivity contribution in [2.75, 3.05) is 33.4 Å². The lowest BCUT2D eigenvalue weighted by molar-refractivity contribution is 0.0934. The summed E-state index contributed by atoms with van der Waals surface area (Å²) in [6.45, 7) is 6.31. The van der Waals surface area contributed by atoms with Crippen LogP contribution in [-0.4, -0.2) is 44.2 Å². The molecule has 2 aromatic rings. The van der Waals surface area contributed by atoms with Gasteiger partial charge in [-0.25, -0.2) is 0 Å². The highest BCUT2D eigenvalue weighted by atomic mass is 32.1. The average molecular weight is 389 g/mol. The van der Waals surface area contributed by atoms with Gasteiger partial charge >= 0.3 is 0 Å². The zero-order valence-corrected chi connectivity index (χ0v) is 16.9. The second kappa shape index (κ2) is 9.76. The van der Waals surface area contributed by atoms with E-state index < -0.39 is 0 Å². The number of ether oxygens (including phenoxy) is 2. The lowest BCUT2D eigenvalue weighted by Gasteiger charge is -2.33. The lowest BCUT2D eigenvalue weighted by atomic mass is 9.97. The number of nitrogens with one attached hydrogen (secondary N) is 1. The van der Waals surface area contributed by atoms with Crippen LogP contribution in [0.15, 0.2) is 35.7 Å². The summed E-state index contributed by atoms with van der Waals surface area (Å²) in [5.74, 6) is 2.11. The molecule has 1 aliphatic rings. The Morgan fingerprint density at radius 3 is 2.96 bits per heavy atom. The molecular weight excluding hydrogens is 360 g/mol. The Hall–Kier alpha value is -2.05. The molecular formula is C21H28N2O3S. The van der Waals surface area contributed by atoms with Gasteiger partial charge in [0.15, 0.2) is 11.5 Å². The summed E-state index contributed by atoms with van der Waals surface area (Å²) in [6.07, 6.45) is 2.32. The number of nitrogens with zero attached hydrogens (tertiary/aromatic N) is 1. The fourth-order valence-electron chi connectivity index (χ4n) is 3.54. The van der Waals surface area contributed by atoms with Gasteiger partial charge in [-0.2, -0.15) is 0 Å². The Morgan fingerprint density at radius 1 is 1.33 bits per heavy atom. The van der Waals surface area contributed by atoms with E-state index in [0.29, 0.717) is 12.5 Å². The van der Waals surface area contributed by atoms with Gasteiger partial charge in [-0.15, -0.1) is 11.3 Å². The number of amides is 1. The number of benzene rings is 1. The predicted molar refractivity (Wildman–Crippen MR) is 109 cm³/mol. The first-order valence-electron chi connectivity index (χ1n) is 9.53. The number of carbonyl (C=O) groups excluding carboxylic acids is 1. The Kier molecular flexibility index (Phi) is 7.12. The van der Waals surface area contributed by atoms with Crippen LogP contribution in [0.2, 0.25) is 0 Å². The van der Waals surface area contributed by atoms with E-state index in [0.717, 1.165) is 55.4 Å². The highest BCUT2D eigenvalue weighted by Gasteiger charge is 2.21. The highest BCUT2D eigenvalue weighted by molar-refractivity contribution is 7.12. The van der Waals surface area contributed by atoms with Crippen LogP contribution in [0.25, 0.3) is 0 Å². The second-order valence-electron chi connectivity index (χ2n) is 6.85. The minimum atomic E-state index is 0.0404. The first kappa shape index (κ1) is 19.7. The Labute approximate surface area is 165 Å². The molecule has 0 bridgehead atoms. The van der Waals surface area contributed by atoms with E-state index >= 15 is 0 Å². The zero-order chi connectivity index (χ0) is 19.1. The average Bonchev–Trinajstić information content (AvgIpc) is 3.22. The summed E-state index contributed by atoms with van der Waals surface area (Å²) in [6, 6.07) is 9.93. The summed E-state index contributed by atoms with van der Waals surface area (Å²) in [5, 5.41) is 5.02. The molecule has 1 aromatic carbocycles. The fourth-order valence-corrected chi connectivity index (χ4v) is 4.18. The lowest BCUT2D eigenvalue weighted by Crippen LogP contribution is -2.40. The molecule has 3 rings (SSSR count). The van der Waals surface area contributed by atoms with E-state index in [1.165, 1.54) is 16.9 Å². The molecule has 1 N–H and O–H groups in total. The van der Waals surface area contributed by atoms with E-state index in [-0.39, 0.29) is 5.91 Å². The van der Waals surface area contributed by atoms with E-state index in [2.05, 4.69) is 22.3 Å². The molecule has 1 saturated heterocycles. The number of likely N-dealkylation sites (tertiary alicyclic amines) is 1. The van der Waals surface area contributed by atoms with Crippen LogP contribution in [0.1, 0.15) is 35.0 Å². The maximum atomic E-state index is 12.1. The van der Waals surface area contributed by atoms with Crippen LogP contribution in [0, 0.1) is 5.92 Å². The molecule has 2 heterocycles. The van der Waals surface area contributed by atoms with E-state index in [4.69, 9.17) is 9.47 Å². The number of methoxy groups -OCH3 is 1. The molecule has 146 valence electrons. The molecule has 5 nitrogen and oxygen atoms in total. The normalized spacial score (nSPS) is 17.5. The van der Waals surface area contributed by atoms with Crippen molar-refractivity contribution in [1.82, 2.24) is 10.2 Å². The van der Waals surface area contributed by atoms with Crippen molar-refractivity contribution in [2.24, 2.45) is 5.92 Å². The smallest absolute Gasteiger partial charge is 0.261 e. The minimum Gasteiger partial charge on any atom is -0.493 e. The van der Waals surface area contributed by atoms with Crippen molar-refractivity contribution in [3.63, 3.8) is 0 Å². The molecule has 0 spiro atoms. The van der Waals surface area contributed by atoms with Gasteiger partial charge in [-0.3, -0.25) is 9.69 Å². The third-order valence-electron chi connectivity index (χ3n) is 4.83. The van der Waals surface area contributed by atoms with E-state index in [1.54, 1.807) is 7.11 Å². The summed E-state index contributed by atoms with van der Waals surface area (Å²) in [5.41, 5.74) is 1.22. The monoisotopic (exact) mass is 388 g/mol. The molecule has 0 radical (unpaired) electrons. The molecule has 1 aromatic heterocycles. The van der Waals surface area contributed by atoms with Gasteiger partial charge in [0, 0.05) is 19.6 Å². The Balaban J connectivity index is 1.53. The largest absolute Gasteiger partial charge is 0.493 e. The van der Waals surface area contributed by atoms with Crippen LogP contribution in [-0.2, 0) is 6.54 Å². The summed E-state index contributed by atoms with van der Waals surface area (Å²) in [7, 11) is 1.66. The Bertz CT molecular complexity index is 733. The number of hydrogen-bond acceptors (Lipinski definition) is 5. The van der Waals surface area contributed by atoms with Gasteiger partial charge in [-0.05, 0) is 61.4 Å². The Morgan fingerprint density at radius 2 is 2.22 bits per heavy atom. The quantitative estimate of drug-likeness (QED) is 0.747. The van der Waals surface area contributed by atoms with Crippen molar-refractivity contribution in [1.29, 1.82) is 0 Å². The summed E-state index contributed by atoms with van der Waals surface area (Å²) >= 11 is 1.48. The molecule has 1 amide bonds. The molecule has 1 atom stereocenters. The molecule has 0 saturated carbocycles. The molecule has 0 unspecified atom stereocenters.